The molecule has 1 atom stereocenters. The SMILES string of the molecule is Cc1ccc(C(=O)OC(C)C(=O)Nc2ccc(C(F)(F)F)cc2)cc1F. The van der Waals surface area contributed by atoms with Gasteiger partial charge in [0, 0.05) is 5.69 Å². The normalized spacial score (nSPS) is 12.4. The Bertz CT molecular complexity index is 816. The number of benzene rings is 2. The molecule has 1 N–H and O–H groups in total. The summed E-state index contributed by atoms with van der Waals surface area (Å²) < 4.78 is 55.9. The van der Waals surface area contributed by atoms with Gasteiger partial charge in [-0.1, -0.05) is 6.07 Å². The Kier molecular flexibility index (Phi) is 5.64. The summed E-state index contributed by atoms with van der Waals surface area (Å²) >= 11 is 0. The number of anilines is 1. The third-order valence-electron chi connectivity index (χ3n) is 3.54. The van der Waals surface area contributed by atoms with E-state index in [0.29, 0.717) is 5.56 Å². The van der Waals surface area contributed by atoms with Crippen LogP contribution in [-0.2, 0) is 15.7 Å². The van der Waals surface area contributed by atoms with E-state index in [2.05, 4.69) is 5.32 Å². The van der Waals surface area contributed by atoms with E-state index in [1.165, 1.54) is 26.0 Å². The third kappa shape index (κ3) is 4.81. The fourth-order valence-electron chi connectivity index (χ4n) is 1.99. The van der Waals surface area contributed by atoms with Crippen molar-refractivity contribution in [2.45, 2.75) is 26.1 Å². The van der Waals surface area contributed by atoms with Gasteiger partial charge in [0.1, 0.15) is 5.82 Å². The predicted octanol–water partition coefficient (Wildman–Crippen LogP) is 4.34. The van der Waals surface area contributed by atoms with Crippen molar-refractivity contribution in [2.24, 2.45) is 0 Å². The van der Waals surface area contributed by atoms with Gasteiger partial charge in [0.25, 0.3) is 5.91 Å². The Balaban J connectivity index is 1.98. The topological polar surface area (TPSA) is 55.4 Å². The molecule has 0 spiro atoms. The Labute approximate surface area is 146 Å². The van der Waals surface area contributed by atoms with Gasteiger partial charge in [-0.2, -0.15) is 13.2 Å². The van der Waals surface area contributed by atoms with Crippen molar-refractivity contribution in [3.8, 4) is 0 Å². The highest BCUT2D eigenvalue weighted by molar-refractivity contribution is 5.97. The summed E-state index contributed by atoms with van der Waals surface area (Å²) in [7, 11) is 0. The van der Waals surface area contributed by atoms with Crippen LogP contribution in [0.2, 0.25) is 0 Å². The molecule has 0 radical (unpaired) electrons. The molecule has 1 amide bonds. The number of amides is 1. The van der Waals surface area contributed by atoms with Crippen molar-refractivity contribution in [3.63, 3.8) is 0 Å². The van der Waals surface area contributed by atoms with E-state index in [1.54, 1.807) is 0 Å². The molecule has 0 aromatic heterocycles. The molecule has 2 rings (SSSR count). The standard InChI is InChI=1S/C18H15F4NO3/c1-10-3-4-12(9-15(10)19)17(25)26-11(2)16(24)23-14-7-5-13(6-8-14)18(20,21)22/h3-9,11H,1-2H3,(H,23,24). The lowest BCUT2D eigenvalue weighted by atomic mass is 10.1. The molecule has 0 saturated heterocycles. The molecule has 26 heavy (non-hydrogen) atoms. The van der Waals surface area contributed by atoms with E-state index in [1.807, 2.05) is 0 Å². The average Bonchev–Trinajstić information content (AvgIpc) is 2.56. The van der Waals surface area contributed by atoms with Crippen molar-refractivity contribution in [2.75, 3.05) is 5.32 Å². The van der Waals surface area contributed by atoms with Gasteiger partial charge in [-0.05, 0) is 55.8 Å². The molecule has 0 bridgehead atoms. The monoisotopic (exact) mass is 369 g/mol. The number of carbonyl (C=O) groups is 2. The fraction of sp³-hybridized carbons (Fsp3) is 0.222. The summed E-state index contributed by atoms with van der Waals surface area (Å²) in [4.78, 5) is 23.9. The quantitative estimate of drug-likeness (QED) is 0.644. The van der Waals surface area contributed by atoms with Gasteiger partial charge in [0.2, 0.25) is 0 Å². The van der Waals surface area contributed by atoms with Crippen LogP contribution < -0.4 is 5.32 Å². The maximum Gasteiger partial charge on any atom is 0.416 e. The van der Waals surface area contributed by atoms with E-state index in [-0.39, 0.29) is 11.3 Å². The molecule has 0 saturated carbocycles. The van der Waals surface area contributed by atoms with E-state index in [4.69, 9.17) is 4.74 Å². The molecule has 2 aromatic rings. The van der Waals surface area contributed by atoms with E-state index >= 15 is 0 Å². The number of esters is 1. The molecule has 2 aromatic carbocycles. The Morgan fingerprint density at radius 1 is 1.08 bits per heavy atom. The number of hydrogen-bond acceptors (Lipinski definition) is 3. The first kappa shape index (κ1) is 19.4. The number of hydrogen-bond donors (Lipinski definition) is 1. The molecule has 0 aliphatic rings. The molecule has 138 valence electrons. The highest BCUT2D eigenvalue weighted by Gasteiger charge is 2.30. The second-order valence-electron chi connectivity index (χ2n) is 5.58. The van der Waals surface area contributed by atoms with Crippen LogP contribution in [0.25, 0.3) is 0 Å². The zero-order valence-electron chi connectivity index (χ0n) is 13.9. The second-order valence-corrected chi connectivity index (χ2v) is 5.58. The molecule has 0 aliphatic carbocycles. The summed E-state index contributed by atoms with van der Waals surface area (Å²) in [5, 5.41) is 2.34. The maximum absolute atomic E-state index is 13.5. The summed E-state index contributed by atoms with van der Waals surface area (Å²) in [5.41, 5.74) is -0.430. The van der Waals surface area contributed by atoms with Gasteiger partial charge in [-0.25, -0.2) is 9.18 Å². The van der Waals surface area contributed by atoms with Gasteiger partial charge in [-0.3, -0.25) is 4.79 Å². The molecule has 0 fully saturated rings. The average molecular weight is 369 g/mol. The molecular weight excluding hydrogens is 354 g/mol. The summed E-state index contributed by atoms with van der Waals surface area (Å²) in [6.45, 7) is 2.83. The first-order chi connectivity index (χ1) is 12.1. The number of nitrogens with one attached hydrogen (secondary N) is 1. The largest absolute Gasteiger partial charge is 0.449 e. The molecule has 4 nitrogen and oxygen atoms in total. The number of rotatable bonds is 4. The summed E-state index contributed by atoms with van der Waals surface area (Å²) in [6, 6.07) is 7.58. The van der Waals surface area contributed by atoms with Crippen LogP contribution in [0.1, 0.15) is 28.4 Å². The zero-order valence-corrected chi connectivity index (χ0v) is 13.9. The Hall–Kier alpha value is -2.90. The predicted molar refractivity (Wildman–Crippen MR) is 86.1 cm³/mol. The van der Waals surface area contributed by atoms with Gasteiger partial charge in [0.15, 0.2) is 6.10 Å². The lowest BCUT2D eigenvalue weighted by Gasteiger charge is -2.14. The number of carbonyl (C=O) groups excluding carboxylic acids is 2. The van der Waals surface area contributed by atoms with Crippen LogP contribution >= 0.6 is 0 Å². The van der Waals surface area contributed by atoms with E-state index < -0.39 is 35.5 Å². The molecule has 0 aliphatic heterocycles. The van der Waals surface area contributed by atoms with Gasteiger partial charge < -0.3 is 10.1 Å². The molecular formula is C18H15F4NO3. The summed E-state index contributed by atoms with van der Waals surface area (Å²) in [6.07, 6.45) is -5.71. The smallest absolute Gasteiger partial charge is 0.416 e. The lowest BCUT2D eigenvalue weighted by molar-refractivity contribution is -0.137. The van der Waals surface area contributed by atoms with Crippen LogP contribution in [-0.4, -0.2) is 18.0 Å². The van der Waals surface area contributed by atoms with E-state index in [9.17, 15) is 27.2 Å². The van der Waals surface area contributed by atoms with Crippen molar-refractivity contribution >= 4 is 17.6 Å². The van der Waals surface area contributed by atoms with Crippen molar-refractivity contribution in [1.29, 1.82) is 0 Å². The van der Waals surface area contributed by atoms with E-state index in [0.717, 1.165) is 30.3 Å². The second kappa shape index (κ2) is 7.55. The minimum Gasteiger partial charge on any atom is -0.449 e. The van der Waals surface area contributed by atoms with Crippen LogP contribution in [0, 0.1) is 12.7 Å². The number of aryl methyl sites for hydroxylation is 1. The minimum absolute atomic E-state index is 0.0534. The number of alkyl halides is 3. The van der Waals surface area contributed by atoms with Crippen LogP contribution in [0.5, 0.6) is 0 Å². The first-order valence-corrected chi connectivity index (χ1v) is 7.53. The van der Waals surface area contributed by atoms with Crippen molar-refractivity contribution < 1.29 is 31.9 Å². The van der Waals surface area contributed by atoms with Gasteiger partial charge in [-0.15, -0.1) is 0 Å². The van der Waals surface area contributed by atoms with Crippen LogP contribution in [0.3, 0.4) is 0 Å². The first-order valence-electron chi connectivity index (χ1n) is 7.53. The minimum atomic E-state index is -4.48. The molecule has 0 heterocycles. The van der Waals surface area contributed by atoms with Gasteiger partial charge in [0.05, 0.1) is 11.1 Å². The zero-order chi connectivity index (χ0) is 19.5. The van der Waals surface area contributed by atoms with Gasteiger partial charge >= 0.3 is 12.1 Å². The van der Waals surface area contributed by atoms with Crippen molar-refractivity contribution in [1.82, 2.24) is 0 Å². The Morgan fingerprint density at radius 3 is 2.23 bits per heavy atom. The molecule has 1 unspecified atom stereocenters. The highest BCUT2D eigenvalue weighted by Crippen LogP contribution is 2.29. The lowest BCUT2D eigenvalue weighted by Crippen LogP contribution is -2.30. The highest BCUT2D eigenvalue weighted by atomic mass is 19.4. The number of ether oxygens (including phenoxy) is 1. The van der Waals surface area contributed by atoms with Crippen LogP contribution in [0.15, 0.2) is 42.5 Å². The fourth-order valence-corrected chi connectivity index (χ4v) is 1.99. The number of halogens is 4. The third-order valence-corrected chi connectivity index (χ3v) is 3.54. The maximum atomic E-state index is 13.5. The Morgan fingerprint density at radius 2 is 1.69 bits per heavy atom. The van der Waals surface area contributed by atoms with Crippen LogP contribution in [0.4, 0.5) is 23.2 Å². The molecule has 8 heteroatoms. The summed E-state index contributed by atoms with van der Waals surface area (Å²) in [5.74, 6) is -2.20. The van der Waals surface area contributed by atoms with Crippen molar-refractivity contribution in [3.05, 3.63) is 65.0 Å².